The summed E-state index contributed by atoms with van der Waals surface area (Å²) in [5.74, 6) is 0. The Balaban J connectivity index is 2.13. The van der Waals surface area contributed by atoms with Crippen LogP contribution in [0, 0.1) is 5.41 Å². The van der Waals surface area contributed by atoms with Crippen LogP contribution < -0.4 is 0 Å². The maximum atomic E-state index is 11.0. The molecule has 0 saturated heterocycles. The van der Waals surface area contributed by atoms with E-state index in [1.807, 2.05) is 12.1 Å². The molecule has 74 valence electrons. The van der Waals surface area contributed by atoms with Crippen molar-refractivity contribution in [2.24, 2.45) is 5.41 Å². The highest BCUT2D eigenvalue weighted by Crippen LogP contribution is 2.41. The van der Waals surface area contributed by atoms with Crippen LogP contribution in [0.4, 0.5) is 0 Å². The van der Waals surface area contributed by atoms with Gasteiger partial charge < -0.3 is 4.79 Å². The van der Waals surface area contributed by atoms with E-state index in [4.69, 9.17) is 0 Å². The van der Waals surface area contributed by atoms with Gasteiger partial charge in [-0.05, 0) is 37.0 Å². The number of benzene rings is 1. The minimum absolute atomic E-state index is 0.0409. The molecule has 0 amide bonds. The van der Waals surface area contributed by atoms with Gasteiger partial charge in [-0.25, -0.2) is 0 Å². The second-order valence-corrected chi connectivity index (χ2v) is 5.06. The van der Waals surface area contributed by atoms with Crippen LogP contribution in [0.3, 0.4) is 0 Å². The first-order chi connectivity index (χ1) is 6.74. The second kappa shape index (κ2) is 3.85. The Labute approximate surface area is 92.6 Å². The van der Waals surface area contributed by atoms with Crippen LogP contribution in [0.2, 0.25) is 0 Å². The molecule has 0 atom stereocenters. The molecule has 0 heterocycles. The van der Waals surface area contributed by atoms with E-state index in [0.717, 1.165) is 30.0 Å². The molecule has 1 nitrogen and oxygen atoms in total. The van der Waals surface area contributed by atoms with Gasteiger partial charge in [-0.2, -0.15) is 0 Å². The van der Waals surface area contributed by atoms with Crippen molar-refractivity contribution in [2.45, 2.75) is 25.7 Å². The van der Waals surface area contributed by atoms with Gasteiger partial charge in [0, 0.05) is 9.89 Å². The van der Waals surface area contributed by atoms with Crippen LogP contribution in [0.1, 0.15) is 24.8 Å². The van der Waals surface area contributed by atoms with E-state index in [1.54, 1.807) is 0 Å². The molecule has 1 saturated carbocycles. The van der Waals surface area contributed by atoms with Gasteiger partial charge in [0.25, 0.3) is 0 Å². The molecule has 0 unspecified atom stereocenters. The van der Waals surface area contributed by atoms with Crippen LogP contribution in [0.25, 0.3) is 0 Å². The van der Waals surface area contributed by atoms with Crippen LogP contribution in [-0.4, -0.2) is 6.29 Å². The van der Waals surface area contributed by atoms with Crippen molar-refractivity contribution in [3.63, 3.8) is 0 Å². The summed E-state index contributed by atoms with van der Waals surface area (Å²) >= 11 is 3.44. The lowest BCUT2D eigenvalue weighted by molar-refractivity contribution is -0.120. The third-order valence-electron chi connectivity index (χ3n) is 3.04. The number of hydrogen-bond acceptors (Lipinski definition) is 1. The number of carbonyl (C=O) groups excluding carboxylic acids is 1. The van der Waals surface area contributed by atoms with E-state index in [2.05, 4.69) is 28.1 Å². The van der Waals surface area contributed by atoms with E-state index in [1.165, 1.54) is 12.0 Å². The summed E-state index contributed by atoms with van der Waals surface area (Å²) in [4.78, 5) is 11.0. The number of rotatable bonds is 3. The Bertz CT molecular complexity index is 342. The maximum absolute atomic E-state index is 11.0. The molecule has 0 bridgehead atoms. The molecule has 1 aromatic carbocycles. The molecule has 1 aliphatic carbocycles. The number of aldehydes is 1. The average molecular weight is 253 g/mol. The molecular weight excluding hydrogens is 240 g/mol. The van der Waals surface area contributed by atoms with Crippen molar-refractivity contribution in [3.8, 4) is 0 Å². The maximum Gasteiger partial charge on any atom is 0.126 e. The quantitative estimate of drug-likeness (QED) is 0.755. The van der Waals surface area contributed by atoms with Crippen LogP contribution >= 0.6 is 15.9 Å². The fourth-order valence-corrected chi connectivity index (χ4v) is 2.47. The van der Waals surface area contributed by atoms with E-state index in [0.29, 0.717) is 0 Å². The third kappa shape index (κ3) is 1.90. The Morgan fingerprint density at radius 2 is 2.21 bits per heavy atom. The molecule has 14 heavy (non-hydrogen) atoms. The monoisotopic (exact) mass is 252 g/mol. The minimum Gasteiger partial charge on any atom is -0.303 e. The van der Waals surface area contributed by atoms with Crippen molar-refractivity contribution in [1.82, 2.24) is 0 Å². The van der Waals surface area contributed by atoms with Crippen molar-refractivity contribution >= 4 is 22.2 Å². The summed E-state index contributed by atoms with van der Waals surface area (Å²) in [7, 11) is 0. The highest BCUT2D eigenvalue weighted by Gasteiger charge is 2.36. The standard InChI is InChI=1S/C12H13BrO/c13-11-4-1-3-10(7-11)8-12(9-14)5-2-6-12/h1,3-4,7,9H,2,5-6,8H2. The average Bonchev–Trinajstić information content (AvgIpc) is 2.11. The molecule has 1 fully saturated rings. The molecule has 0 radical (unpaired) electrons. The zero-order valence-electron chi connectivity index (χ0n) is 8.00. The molecule has 0 spiro atoms. The Kier molecular flexibility index (Phi) is 2.73. The van der Waals surface area contributed by atoms with Gasteiger partial charge in [0.15, 0.2) is 0 Å². The minimum atomic E-state index is -0.0409. The number of hydrogen-bond donors (Lipinski definition) is 0. The molecule has 1 aliphatic rings. The predicted octanol–water partition coefficient (Wildman–Crippen LogP) is 3.36. The van der Waals surface area contributed by atoms with E-state index in [-0.39, 0.29) is 5.41 Å². The van der Waals surface area contributed by atoms with E-state index >= 15 is 0 Å². The van der Waals surface area contributed by atoms with Crippen molar-refractivity contribution in [2.75, 3.05) is 0 Å². The van der Waals surface area contributed by atoms with Crippen LogP contribution in [-0.2, 0) is 11.2 Å². The topological polar surface area (TPSA) is 17.1 Å². The zero-order chi connectivity index (χ0) is 10.0. The molecular formula is C12H13BrO. The Hall–Kier alpha value is -0.630. The lowest BCUT2D eigenvalue weighted by Crippen LogP contribution is -2.33. The van der Waals surface area contributed by atoms with E-state index in [9.17, 15) is 4.79 Å². The Morgan fingerprint density at radius 1 is 1.43 bits per heavy atom. The van der Waals surface area contributed by atoms with Crippen LogP contribution in [0.15, 0.2) is 28.7 Å². The van der Waals surface area contributed by atoms with E-state index < -0.39 is 0 Å². The van der Waals surface area contributed by atoms with Gasteiger partial charge in [0.05, 0.1) is 0 Å². The number of carbonyl (C=O) groups is 1. The van der Waals surface area contributed by atoms with Gasteiger partial charge in [0.2, 0.25) is 0 Å². The van der Waals surface area contributed by atoms with Gasteiger partial charge >= 0.3 is 0 Å². The first-order valence-electron chi connectivity index (χ1n) is 4.95. The van der Waals surface area contributed by atoms with Gasteiger partial charge in [-0.1, -0.05) is 34.5 Å². The second-order valence-electron chi connectivity index (χ2n) is 4.14. The largest absolute Gasteiger partial charge is 0.303 e. The third-order valence-corrected chi connectivity index (χ3v) is 3.54. The lowest BCUT2D eigenvalue weighted by Gasteiger charge is -2.36. The fourth-order valence-electron chi connectivity index (χ4n) is 2.02. The van der Waals surface area contributed by atoms with Crippen molar-refractivity contribution < 1.29 is 4.79 Å². The normalized spacial score (nSPS) is 18.6. The van der Waals surface area contributed by atoms with Gasteiger partial charge in [-0.3, -0.25) is 0 Å². The molecule has 0 N–H and O–H groups in total. The summed E-state index contributed by atoms with van der Waals surface area (Å²) in [6.07, 6.45) is 5.37. The fraction of sp³-hybridized carbons (Fsp3) is 0.417. The van der Waals surface area contributed by atoms with Crippen LogP contribution in [0.5, 0.6) is 0 Å². The summed E-state index contributed by atoms with van der Waals surface area (Å²) in [6.45, 7) is 0. The number of halogens is 1. The molecule has 1 aromatic rings. The molecule has 2 heteroatoms. The highest BCUT2D eigenvalue weighted by atomic mass is 79.9. The summed E-state index contributed by atoms with van der Waals surface area (Å²) in [6, 6.07) is 8.23. The smallest absolute Gasteiger partial charge is 0.126 e. The summed E-state index contributed by atoms with van der Waals surface area (Å²) < 4.78 is 1.09. The van der Waals surface area contributed by atoms with Crippen molar-refractivity contribution in [1.29, 1.82) is 0 Å². The van der Waals surface area contributed by atoms with Gasteiger partial charge in [0.1, 0.15) is 6.29 Å². The predicted molar refractivity (Wildman–Crippen MR) is 60.2 cm³/mol. The van der Waals surface area contributed by atoms with Gasteiger partial charge in [-0.15, -0.1) is 0 Å². The molecule has 0 aromatic heterocycles. The lowest BCUT2D eigenvalue weighted by atomic mass is 9.66. The highest BCUT2D eigenvalue weighted by molar-refractivity contribution is 9.10. The zero-order valence-corrected chi connectivity index (χ0v) is 9.59. The summed E-state index contributed by atoms with van der Waals surface area (Å²) in [5, 5.41) is 0. The van der Waals surface area contributed by atoms with Crippen molar-refractivity contribution in [3.05, 3.63) is 34.3 Å². The first kappa shape index (κ1) is 9.91. The summed E-state index contributed by atoms with van der Waals surface area (Å²) in [5.41, 5.74) is 1.21. The SMILES string of the molecule is O=CC1(Cc2cccc(Br)c2)CCC1. The molecule has 0 aliphatic heterocycles. The molecule has 2 rings (SSSR count). The Morgan fingerprint density at radius 3 is 2.71 bits per heavy atom. The first-order valence-corrected chi connectivity index (χ1v) is 5.74.